The average molecular weight is 337 g/mol. The van der Waals surface area contributed by atoms with Crippen LogP contribution in [0.25, 0.3) is 0 Å². The van der Waals surface area contributed by atoms with Gasteiger partial charge in [0.1, 0.15) is 13.2 Å². The molecule has 0 fully saturated rings. The van der Waals surface area contributed by atoms with Crippen molar-refractivity contribution in [3.05, 3.63) is 70.8 Å². The zero-order chi connectivity index (χ0) is 15.8. The van der Waals surface area contributed by atoms with E-state index in [9.17, 15) is 4.79 Å². The van der Waals surface area contributed by atoms with Crippen molar-refractivity contribution >= 4 is 18.6 Å². The van der Waals surface area contributed by atoms with Crippen molar-refractivity contribution in [1.82, 2.24) is 0 Å². The summed E-state index contributed by atoms with van der Waals surface area (Å²) in [6.07, 6.45) is -0.689. The van der Waals surface area contributed by atoms with Gasteiger partial charge in [-0.2, -0.15) is 0 Å². The van der Waals surface area contributed by atoms with Crippen LogP contribution in [-0.4, -0.2) is 6.16 Å². The third-order valence-corrected chi connectivity index (χ3v) is 3.23. The van der Waals surface area contributed by atoms with Crippen molar-refractivity contribution in [2.45, 2.75) is 26.3 Å². The van der Waals surface area contributed by atoms with Crippen LogP contribution in [0.2, 0.25) is 0 Å². The summed E-state index contributed by atoms with van der Waals surface area (Å²) in [6.45, 7) is 1.34. The summed E-state index contributed by atoms with van der Waals surface area (Å²) >= 11 is 0. The second-order valence-electron chi connectivity index (χ2n) is 4.87. The molecule has 0 atom stereocenters. The summed E-state index contributed by atoms with van der Waals surface area (Å²) < 4.78 is 10.1. The minimum absolute atomic E-state index is 0. The van der Waals surface area contributed by atoms with Crippen LogP contribution in [-0.2, 0) is 35.8 Å². The van der Waals surface area contributed by atoms with Crippen LogP contribution in [0.4, 0.5) is 4.79 Å². The second kappa shape index (κ2) is 9.84. The maximum absolute atomic E-state index is 11.6. The van der Waals surface area contributed by atoms with E-state index in [0.717, 1.165) is 22.3 Å². The SMILES string of the molecule is Cl.NCc1ccc(COC(=O)OCc2ccc(CN)cc2)cc1. The zero-order valence-corrected chi connectivity index (χ0v) is 13.6. The molecule has 5 nitrogen and oxygen atoms in total. The Bertz CT molecular complexity index is 547. The van der Waals surface area contributed by atoms with E-state index in [-0.39, 0.29) is 25.6 Å². The van der Waals surface area contributed by atoms with Gasteiger partial charge < -0.3 is 20.9 Å². The highest BCUT2D eigenvalue weighted by molar-refractivity contribution is 5.85. The summed E-state index contributed by atoms with van der Waals surface area (Å²) in [4.78, 5) is 11.6. The smallest absolute Gasteiger partial charge is 0.429 e. The van der Waals surface area contributed by atoms with Crippen LogP contribution >= 0.6 is 12.4 Å². The summed E-state index contributed by atoms with van der Waals surface area (Å²) in [5.41, 5.74) is 14.9. The van der Waals surface area contributed by atoms with Gasteiger partial charge in [-0.1, -0.05) is 48.5 Å². The van der Waals surface area contributed by atoms with Gasteiger partial charge in [0.2, 0.25) is 0 Å². The van der Waals surface area contributed by atoms with Gasteiger partial charge in [-0.3, -0.25) is 0 Å². The lowest BCUT2D eigenvalue weighted by Crippen LogP contribution is -2.07. The van der Waals surface area contributed by atoms with Crippen molar-refractivity contribution in [2.75, 3.05) is 0 Å². The molecule has 23 heavy (non-hydrogen) atoms. The molecule has 0 radical (unpaired) electrons. The van der Waals surface area contributed by atoms with Gasteiger partial charge >= 0.3 is 6.16 Å². The minimum Gasteiger partial charge on any atom is -0.429 e. The van der Waals surface area contributed by atoms with Gasteiger partial charge in [0.05, 0.1) is 0 Å². The number of hydrogen-bond donors (Lipinski definition) is 2. The van der Waals surface area contributed by atoms with Gasteiger partial charge in [0.25, 0.3) is 0 Å². The van der Waals surface area contributed by atoms with Crippen LogP contribution in [0.3, 0.4) is 0 Å². The molecule has 0 aliphatic rings. The number of carbonyl (C=O) groups is 1. The molecule has 0 saturated heterocycles. The Labute approximate surface area is 142 Å². The Morgan fingerprint density at radius 1 is 0.696 bits per heavy atom. The molecule has 0 unspecified atom stereocenters. The van der Waals surface area contributed by atoms with Crippen LogP contribution in [0, 0.1) is 0 Å². The first kappa shape index (κ1) is 19.0. The monoisotopic (exact) mass is 336 g/mol. The van der Waals surface area contributed by atoms with Crippen LogP contribution < -0.4 is 11.5 Å². The van der Waals surface area contributed by atoms with E-state index in [1.54, 1.807) is 0 Å². The topological polar surface area (TPSA) is 87.6 Å². The van der Waals surface area contributed by atoms with E-state index in [1.807, 2.05) is 48.5 Å². The Morgan fingerprint density at radius 3 is 1.30 bits per heavy atom. The molecule has 0 saturated carbocycles. The molecular weight excluding hydrogens is 316 g/mol. The van der Waals surface area contributed by atoms with Crippen molar-refractivity contribution < 1.29 is 14.3 Å². The van der Waals surface area contributed by atoms with Crippen molar-refractivity contribution in [3.8, 4) is 0 Å². The fourth-order valence-corrected chi connectivity index (χ4v) is 1.87. The van der Waals surface area contributed by atoms with Gasteiger partial charge in [-0.05, 0) is 22.3 Å². The van der Waals surface area contributed by atoms with E-state index in [0.29, 0.717) is 13.1 Å². The molecule has 2 aromatic carbocycles. The number of carbonyl (C=O) groups excluding carboxylic acids is 1. The highest BCUT2D eigenvalue weighted by Gasteiger charge is 2.05. The molecule has 0 spiro atoms. The highest BCUT2D eigenvalue weighted by Crippen LogP contribution is 2.08. The molecule has 0 aliphatic carbocycles. The standard InChI is InChI=1S/C17H20N2O3.ClH/c18-9-13-1-5-15(6-2-13)11-21-17(20)22-12-16-7-3-14(10-19)4-8-16;/h1-8H,9-12,18-19H2;1H. The fourth-order valence-electron chi connectivity index (χ4n) is 1.87. The lowest BCUT2D eigenvalue weighted by Gasteiger charge is -2.07. The van der Waals surface area contributed by atoms with E-state index in [2.05, 4.69) is 0 Å². The van der Waals surface area contributed by atoms with Crippen LogP contribution in [0.5, 0.6) is 0 Å². The number of halogens is 1. The van der Waals surface area contributed by atoms with Crippen LogP contribution in [0.15, 0.2) is 48.5 Å². The predicted molar refractivity (Wildman–Crippen MR) is 90.9 cm³/mol. The van der Waals surface area contributed by atoms with Crippen LogP contribution in [0.1, 0.15) is 22.3 Å². The fraction of sp³-hybridized carbons (Fsp3) is 0.235. The van der Waals surface area contributed by atoms with Crippen molar-refractivity contribution in [1.29, 1.82) is 0 Å². The quantitative estimate of drug-likeness (QED) is 0.792. The predicted octanol–water partition coefficient (Wildman–Crippen LogP) is 2.88. The normalized spacial score (nSPS) is 9.83. The number of hydrogen-bond acceptors (Lipinski definition) is 5. The van der Waals surface area contributed by atoms with Crippen molar-refractivity contribution in [2.24, 2.45) is 11.5 Å². The van der Waals surface area contributed by atoms with Crippen molar-refractivity contribution in [3.63, 3.8) is 0 Å². The Kier molecular flexibility index (Phi) is 8.11. The Morgan fingerprint density at radius 2 is 1.00 bits per heavy atom. The number of nitrogens with two attached hydrogens (primary N) is 2. The molecule has 2 aromatic rings. The average Bonchev–Trinajstić information content (AvgIpc) is 2.59. The molecule has 0 bridgehead atoms. The third-order valence-electron chi connectivity index (χ3n) is 3.23. The summed E-state index contributed by atoms with van der Waals surface area (Å²) in [5, 5.41) is 0. The van der Waals surface area contributed by atoms with Gasteiger partial charge in [-0.15, -0.1) is 12.4 Å². The zero-order valence-electron chi connectivity index (χ0n) is 12.7. The minimum atomic E-state index is -0.689. The molecule has 0 aliphatic heterocycles. The Balaban J connectivity index is 0.00000264. The largest absolute Gasteiger partial charge is 0.508 e. The molecule has 2 rings (SSSR count). The molecule has 0 heterocycles. The van der Waals surface area contributed by atoms with Gasteiger partial charge in [-0.25, -0.2) is 4.79 Å². The highest BCUT2D eigenvalue weighted by atomic mass is 35.5. The summed E-state index contributed by atoms with van der Waals surface area (Å²) in [7, 11) is 0. The number of benzene rings is 2. The first-order chi connectivity index (χ1) is 10.7. The lowest BCUT2D eigenvalue weighted by atomic mass is 10.1. The van der Waals surface area contributed by atoms with E-state index >= 15 is 0 Å². The number of rotatable bonds is 6. The summed E-state index contributed by atoms with van der Waals surface area (Å²) in [5.74, 6) is 0. The number of ether oxygens (including phenoxy) is 2. The molecule has 124 valence electrons. The molecule has 6 heteroatoms. The van der Waals surface area contributed by atoms with Gasteiger partial charge in [0.15, 0.2) is 0 Å². The molecular formula is C17H21ClN2O3. The first-order valence-electron chi connectivity index (χ1n) is 7.06. The van der Waals surface area contributed by atoms with E-state index < -0.39 is 6.16 Å². The Hall–Kier alpha value is -2.08. The maximum atomic E-state index is 11.6. The lowest BCUT2D eigenvalue weighted by molar-refractivity contribution is 0.0446. The van der Waals surface area contributed by atoms with Gasteiger partial charge in [0, 0.05) is 13.1 Å². The molecule has 0 amide bonds. The second-order valence-corrected chi connectivity index (χ2v) is 4.87. The molecule has 4 N–H and O–H groups in total. The third kappa shape index (κ3) is 6.28. The first-order valence-corrected chi connectivity index (χ1v) is 7.06. The van der Waals surface area contributed by atoms with E-state index in [1.165, 1.54) is 0 Å². The molecule has 0 aromatic heterocycles. The van der Waals surface area contributed by atoms with E-state index in [4.69, 9.17) is 20.9 Å². The summed E-state index contributed by atoms with van der Waals surface area (Å²) in [6, 6.07) is 15.1. The maximum Gasteiger partial charge on any atom is 0.508 e.